The summed E-state index contributed by atoms with van der Waals surface area (Å²) in [6.07, 6.45) is 14.9. The van der Waals surface area contributed by atoms with Crippen LogP contribution in [-0.2, 0) is 4.74 Å². The van der Waals surface area contributed by atoms with Gasteiger partial charge in [0.05, 0.1) is 25.9 Å². The predicted octanol–water partition coefficient (Wildman–Crippen LogP) is 3.03. The van der Waals surface area contributed by atoms with E-state index >= 15 is 0 Å². The van der Waals surface area contributed by atoms with E-state index in [2.05, 4.69) is 38.4 Å². The second-order valence-electron chi connectivity index (χ2n) is 6.76. The van der Waals surface area contributed by atoms with Crippen molar-refractivity contribution in [3.63, 3.8) is 0 Å². The highest BCUT2D eigenvalue weighted by atomic mass is 16.5. The van der Waals surface area contributed by atoms with E-state index in [-0.39, 0.29) is 12.0 Å². The van der Waals surface area contributed by atoms with Gasteiger partial charge >= 0.3 is 0 Å². The summed E-state index contributed by atoms with van der Waals surface area (Å²) in [5.41, 5.74) is 1.35. The molecule has 2 heterocycles. The number of quaternary nitrogens is 1. The van der Waals surface area contributed by atoms with E-state index in [1.807, 2.05) is 6.08 Å². The van der Waals surface area contributed by atoms with Gasteiger partial charge in [-0.05, 0) is 44.3 Å². The fourth-order valence-corrected chi connectivity index (χ4v) is 3.43. The van der Waals surface area contributed by atoms with Crippen molar-refractivity contribution in [1.29, 1.82) is 0 Å². The van der Waals surface area contributed by atoms with Gasteiger partial charge in [-0.1, -0.05) is 18.2 Å². The highest BCUT2D eigenvalue weighted by Crippen LogP contribution is 2.24. The molecule has 1 N–H and O–H groups in total. The molecule has 118 valence electrons. The van der Waals surface area contributed by atoms with Gasteiger partial charge in [-0.15, -0.1) is 0 Å². The molecule has 2 bridgehead atoms. The Bertz CT molecular complexity index is 427. The quantitative estimate of drug-likeness (QED) is 0.594. The van der Waals surface area contributed by atoms with Crippen LogP contribution in [0.1, 0.15) is 32.6 Å². The minimum Gasteiger partial charge on any atom is -0.389 e. The smallest absolute Gasteiger partial charge is 0.104 e. The third kappa shape index (κ3) is 4.53. The number of ether oxygens (including phenoxy) is 1. The first-order chi connectivity index (χ1) is 10.0. The van der Waals surface area contributed by atoms with Gasteiger partial charge in [0.15, 0.2) is 0 Å². The topological polar surface area (TPSA) is 29.5 Å². The minimum atomic E-state index is -0.523. The number of hydrogen-bond donors (Lipinski definition) is 1. The van der Waals surface area contributed by atoms with Crippen LogP contribution in [0.5, 0.6) is 0 Å². The molecule has 0 saturated heterocycles. The van der Waals surface area contributed by atoms with Crippen LogP contribution in [0.25, 0.3) is 0 Å². The number of aliphatic hydroxyl groups excluding tert-OH is 1. The molecule has 21 heavy (non-hydrogen) atoms. The van der Waals surface area contributed by atoms with Crippen molar-refractivity contribution < 1.29 is 14.3 Å². The van der Waals surface area contributed by atoms with Gasteiger partial charge in [0.25, 0.3) is 0 Å². The number of likely N-dealkylation sites (N-methyl/N-ethyl adjacent to an activating group) is 1. The summed E-state index contributed by atoms with van der Waals surface area (Å²) in [6, 6.07) is 0. The summed E-state index contributed by atoms with van der Waals surface area (Å²) in [6.45, 7) is 4.38. The molecule has 0 radical (unpaired) electrons. The Kier molecular flexibility index (Phi) is 5.80. The van der Waals surface area contributed by atoms with Crippen LogP contribution in [0.3, 0.4) is 0 Å². The first kappa shape index (κ1) is 16.5. The number of nitrogens with zero attached hydrogens (tertiary/aromatic N) is 1. The molecule has 2 aliphatic heterocycles. The number of hydrogen-bond acceptors (Lipinski definition) is 2. The fraction of sp³-hybridized carbons (Fsp3) is 0.667. The number of fused-ring (bicyclic) bond motifs is 2. The highest BCUT2D eigenvalue weighted by Gasteiger charge is 2.28. The van der Waals surface area contributed by atoms with E-state index in [0.717, 1.165) is 17.4 Å². The molecular formula is C18H30NO2+. The first-order valence-corrected chi connectivity index (χ1v) is 8.12. The SMILES string of the molecule is COC1C=CCCCCC[N+]2(C)C=CC(C=C(C)C2)C1O. The Hall–Kier alpha value is -0.900. The predicted molar refractivity (Wildman–Crippen MR) is 86.7 cm³/mol. The number of methoxy groups -OCH3 is 1. The monoisotopic (exact) mass is 292 g/mol. The second-order valence-corrected chi connectivity index (χ2v) is 6.76. The van der Waals surface area contributed by atoms with Crippen LogP contribution >= 0.6 is 0 Å². The van der Waals surface area contributed by atoms with E-state index in [0.29, 0.717) is 0 Å². The lowest BCUT2D eigenvalue weighted by molar-refractivity contribution is -0.854. The molecule has 0 spiro atoms. The normalized spacial score (nSPS) is 38.1. The van der Waals surface area contributed by atoms with E-state index in [4.69, 9.17) is 4.74 Å². The minimum absolute atomic E-state index is 0.0281. The van der Waals surface area contributed by atoms with Crippen molar-refractivity contribution in [2.75, 3.05) is 27.2 Å². The van der Waals surface area contributed by atoms with E-state index < -0.39 is 6.10 Å². The molecular weight excluding hydrogens is 262 g/mol. The standard InChI is InChI=1S/C18H30NO2/c1-15-13-16-10-12-19(2,14-15)11-8-6-4-5-7-9-17(21-3)18(16)20/h7,9-10,12-13,16-18,20H,4-6,8,11,14H2,1-3H3/q+1. The van der Waals surface area contributed by atoms with Crippen molar-refractivity contribution in [1.82, 2.24) is 0 Å². The maximum absolute atomic E-state index is 10.7. The molecule has 0 aromatic rings. The molecule has 0 aromatic heterocycles. The Labute approximate surface area is 129 Å². The van der Waals surface area contributed by atoms with Crippen molar-refractivity contribution in [3.8, 4) is 0 Å². The molecule has 0 aromatic carbocycles. The molecule has 3 heteroatoms. The van der Waals surface area contributed by atoms with E-state index in [9.17, 15) is 5.11 Å². The second kappa shape index (κ2) is 7.39. The lowest BCUT2D eigenvalue weighted by atomic mass is 9.95. The molecule has 4 unspecified atom stereocenters. The zero-order chi connectivity index (χ0) is 15.3. The Morgan fingerprint density at radius 2 is 2.05 bits per heavy atom. The summed E-state index contributed by atoms with van der Waals surface area (Å²) in [5.74, 6) is 0.0281. The zero-order valence-corrected chi connectivity index (χ0v) is 13.7. The summed E-state index contributed by atoms with van der Waals surface area (Å²) < 4.78 is 6.43. The fourth-order valence-electron chi connectivity index (χ4n) is 3.43. The average Bonchev–Trinajstić information content (AvgIpc) is 2.59. The average molecular weight is 292 g/mol. The molecule has 0 fully saturated rings. The maximum atomic E-state index is 10.7. The molecule has 0 aliphatic carbocycles. The van der Waals surface area contributed by atoms with Gasteiger partial charge in [0.2, 0.25) is 0 Å². The third-order valence-corrected chi connectivity index (χ3v) is 4.62. The van der Waals surface area contributed by atoms with Crippen molar-refractivity contribution in [3.05, 3.63) is 36.1 Å². The Balaban J connectivity index is 2.28. The van der Waals surface area contributed by atoms with Crippen molar-refractivity contribution in [2.45, 2.75) is 44.8 Å². The van der Waals surface area contributed by atoms with Crippen LogP contribution in [-0.4, -0.2) is 49.0 Å². The summed E-state index contributed by atoms with van der Waals surface area (Å²) >= 11 is 0. The summed E-state index contributed by atoms with van der Waals surface area (Å²) in [4.78, 5) is 0. The number of aliphatic hydroxyl groups is 1. The van der Waals surface area contributed by atoms with Crippen LogP contribution in [0.2, 0.25) is 0 Å². The molecule has 3 nitrogen and oxygen atoms in total. The number of allylic oxidation sites excluding steroid dienone is 1. The maximum Gasteiger partial charge on any atom is 0.104 e. The first-order valence-electron chi connectivity index (χ1n) is 8.12. The van der Waals surface area contributed by atoms with E-state index in [1.54, 1.807) is 7.11 Å². The lowest BCUT2D eigenvalue weighted by Crippen LogP contribution is -2.40. The molecule has 4 atom stereocenters. The molecule has 0 saturated carbocycles. The summed E-state index contributed by atoms with van der Waals surface area (Å²) in [7, 11) is 3.96. The zero-order valence-electron chi connectivity index (χ0n) is 13.7. The van der Waals surface area contributed by atoms with Crippen molar-refractivity contribution >= 4 is 0 Å². The third-order valence-electron chi connectivity index (χ3n) is 4.62. The van der Waals surface area contributed by atoms with Gasteiger partial charge in [-0.3, -0.25) is 4.48 Å². The van der Waals surface area contributed by atoms with Gasteiger partial charge in [0, 0.05) is 13.0 Å². The van der Waals surface area contributed by atoms with Gasteiger partial charge in [-0.2, -0.15) is 0 Å². The largest absolute Gasteiger partial charge is 0.389 e. The molecule has 2 rings (SSSR count). The highest BCUT2D eigenvalue weighted by molar-refractivity contribution is 5.14. The lowest BCUT2D eigenvalue weighted by Gasteiger charge is -2.30. The number of rotatable bonds is 1. The summed E-state index contributed by atoms with van der Waals surface area (Å²) in [5, 5.41) is 10.7. The van der Waals surface area contributed by atoms with Crippen LogP contribution in [0.4, 0.5) is 0 Å². The Morgan fingerprint density at radius 1 is 1.24 bits per heavy atom. The van der Waals surface area contributed by atoms with Gasteiger partial charge in [-0.25, -0.2) is 0 Å². The van der Waals surface area contributed by atoms with Gasteiger partial charge < -0.3 is 9.84 Å². The van der Waals surface area contributed by atoms with Crippen LogP contribution < -0.4 is 0 Å². The molecule has 2 aliphatic rings. The van der Waals surface area contributed by atoms with Crippen LogP contribution in [0.15, 0.2) is 36.1 Å². The van der Waals surface area contributed by atoms with Crippen LogP contribution in [0, 0.1) is 5.92 Å². The van der Waals surface area contributed by atoms with Gasteiger partial charge in [0.1, 0.15) is 12.6 Å². The van der Waals surface area contributed by atoms with E-state index in [1.165, 1.54) is 31.4 Å². The molecule has 0 amide bonds. The van der Waals surface area contributed by atoms with Crippen molar-refractivity contribution in [2.24, 2.45) is 5.92 Å². The Morgan fingerprint density at radius 3 is 2.81 bits per heavy atom.